The van der Waals surface area contributed by atoms with Crippen molar-refractivity contribution in [1.29, 1.82) is 0 Å². The van der Waals surface area contributed by atoms with Crippen LogP contribution in [0.4, 0.5) is 0 Å². The van der Waals surface area contributed by atoms with Crippen LogP contribution in [-0.4, -0.2) is 0 Å². The Bertz CT molecular complexity index is 2480. The molecule has 9 rings (SSSR count). The Balaban J connectivity index is 1.34. The van der Waals surface area contributed by atoms with Crippen molar-refractivity contribution in [3.05, 3.63) is 158 Å². The van der Waals surface area contributed by atoms with Crippen molar-refractivity contribution in [3.63, 3.8) is 0 Å². The van der Waals surface area contributed by atoms with Gasteiger partial charge in [0.25, 0.3) is 0 Å². The number of hydrogen-bond acceptors (Lipinski definition) is 1. The van der Waals surface area contributed by atoms with Gasteiger partial charge in [-0.15, -0.1) is 0 Å². The maximum Gasteiger partial charge on any atom is 0.136 e. The molecular formula is C42H26O. The third-order valence-corrected chi connectivity index (χ3v) is 8.82. The summed E-state index contributed by atoms with van der Waals surface area (Å²) in [5, 5.41) is 9.76. The van der Waals surface area contributed by atoms with E-state index in [2.05, 4.69) is 158 Å². The van der Waals surface area contributed by atoms with Gasteiger partial charge in [0.1, 0.15) is 11.2 Å². The molecule has 0 N–H and O–H groups in total. The first-order valence-corrected chi connectivity index (χ1v) is 14.8. The minimum absolute atomic E-state index is 0.914. The van der Waals surface area contributed by atoms with Crippen LogP contribution in [-0.2, 0) is 0 Å². The van der Waals surface area contributed by atoms with Crippen LogP contribution in [0.1, 0.15) is 0 Å². The summed E-state index contributed by atoms with van der Waals surface area (Å²) in [5.41, 5.74) is 9.22. The summed E-state index contributed by atoms with van der Waals surface area (Å²) in [4.78, 5) is 0. The zero-order valence-electron chi connectivity index (χ0n) is 23.4. The molecule has 1 heterocycles. The maximum absolute atomic E-state index is 6.31. The van der Waals surface area contributed by atoms with Crippen LogP contribution >= 0.6 is 0 Å². The number of rotatable bonds is 3. The summed E-state index contributed by atoms with van der Waals surface area (Å²) in [5.74, 6) is 0. The standard InChI is InChI=1S/C42H26O/c1-3-11-27(12-4-1)41-33-17-9-10-18-34(33)42(28-13-5-2-6-14-28)38-25-31(19-21-35(38)41)32-20-22-39-36(24-32)37-23-29-15-7-8-16-30(29)26-40(37)43-39/h1-26H. The first-order chi connectivity index (χ1) is 21.3. The molecule has 1 nitrogen and oxygen atoms in total. The molecule has 0 amide bonds. The number of furan rings is 1. The number of benzene rings is 8. The summed E-state index contributed by atoms with van der Waals surface area (Å²) >= 11 is 0. The zero-order valence-corrected chi connectivity index (χ0v) is 23.4. The Morgan fingerprint density at radius 3 is 1.44 bits per heavy atom. The lowest BCUT2D eigenvalue weighted by Crippen LogP contribution is -1.91. The van der Waals surface area contributed by atoms with Gasteiger partial charge in [0.15, 0.2) is 0 Å². The van der Waals surface area contributed by atoms with Gasteiger partial charge in [-0.25, -0.2) is 0 Å². The molecule has 0 radical (unpaired) electrons. The van der Waals surface area contributed by atoms with Gasteiger partial charge < -0.3 is 4.42 Å². The molecule has 0 aliphatic heterocycles. The topological polar surface area (TPSA) is 13.1 Å². The van der Waals surface area contributed by atoms with Crippen LogP contribution < -0.4 is 0 Å². The zero-order chi connectivity index (χ0) is 28.3. The Morgan fingerprint density at radius 2 is 0.767 bits per heavy atom. The molecular weight excluding hydrogens is 520 g/mol. The molecule has 0 spiro atoms. The fourth-order valence-electron chi connectivity index (χ4n) is 6.83. The minimum atomic E-state index is 0.914. The molecule has 0 unspecified atom stereocenters. The molecule has 0 aliphatic rings. The second kappa shape index (κ2) is 9.44. The second-order valence-corrected chi connectivity index (χ2v) is 11.3. The van der Waals surface area contributed by atoms with Crippen molar-refractivity contribution in [2.24, 2.45) is 0 Å². The normalized spacial score (nSPS) is 11.7. The molecule has 43 heavy (non-hydrogen) atoms. The molecule has 1 heteroatoms. The van der Waals surface area contributed by atoms with Gasteiger partial charge in [-0.1, -0.05) is 127 Å². The smallest absolute Gasteiger partial charge is 0.136 e. The van der Waals surface area contributed by atoms with Crippen molar-refractivity contribution < 1.29 is 4.42 Å². The van der Waals surface area contributed by atoms with Gasteiger partial charge in [-0.2, -0.15) is 0 Å². The quantitative estimate of drug-likeness (QED) is 0.201. The van der Waals surface area contributed by atoms with Crippen molar-refractivity contribution in [2.75, 3.05) is 0 Å². The highest BCUT2D eigenvalue weighted by atomic mass is 16.3. The largest absolute Gasteiger partial charge is 0.456 e. The van der Waals surface area contributed by atoms with E-state index in [1.54, 1.807) is 0 Å². The van der Waals surface area contributed by atoms with Crippen LogP contribution in [0, 0.1) is 0 Å². The fraction of sp³-hybridized carbons (Fsp3) is 0. The number of hydrogen-bond donors (Lipinski definition) is 0. The predicted molar refractivity (Wildman–Crippen MR) is 183 cm³/mol. The molecule has 200 valence electrons. The Morgan fingerprint density at radius 1 is 0.279 bits per heavy atom. The van der Waals surface area contributed by atoms with Gasteiger partial charge >= 0.3 is 0 Å². The summed E-state index contributed by atoms with van der Waals surface area (Å²) < 4.78 is 6.31. The molecule has 1 aromatic heterocycles. The second-order valence-electron chi connectivity index (χ2n) is 11.3. The lowest BCUT2D eigenvalue weighted by atomic mass is 9.85. The van der Waals surface area contributed by atoms with E-state index in [0.717, 1.165) is 21.9 Å². The number of fused-ring (bicyclic) bond motifs is 6. The van der Waals surface area contributed by atoms with E-state index in [0.29, 0.717) is 0 Å². The molecule has 0 saturated heterocycles. The highest BCUT2D eigenvalue weighted by Crippen LogP contribution is 2.45. The van der Waals surface area contributed by atoms with Crippen LogP contribution in [0.25, 0.3) is 87.6 Å². The van der Waals surface area contributed by atoms with Crippen molar-refractivity contribution in [1.82, 2.24) is 0 Å². The van der Waals surface area contributed by atoms with Gasteiger partial charge in [0, 0.05) is 10.8 Å². The SMILES string of the molecule is c1ccc(-c2c3ccccc3c(-c3ccccc3)c3cc(-c4ccc5oc6cc7ccccc7cc6c5c4)ccc23)cc1. The molecule has 0 aliphatic carbocycles. The molecule has 0 bridgehead atoms. The maximum atomic E-state index is 6.31. The van der Waals surface area contributed by atoms with E-state index >= 15 is 0 Å². The first-order valence-electron chi connectivity index (χ1n) is 14.8. The Hall–Kier alpha value is -5.66. The summed E-state index contributed by atoms with van der Waals surface area (Å²) in [6.45, 7) is 0. The summed E-state index contributed by atoms with van der Waals surface area (Å²) in [6.07, 6.45) is 0. The summed E-state index contributed by atoms with van der Waals surface area (Å²) in [6, 6.07) is 56.9. The van der Waals surface area contributed by atoms with Crippen molar-refractivity contribution >= 4 is 54.3 Å². The Labute approximate surface area is 249 Å². The highest BCUT2D eigenvalue weighted by Gasteiger charge is 2.18. The van der Waals surface area contributed by atoms with E-state index in [1.807, 2.05) is 0 Å². The molecule has 8 aromatic carbocycles. The lowest BCUT2D eigenvalue weighted by Gasteiger charge is -2.18. The van der Waals surface area contributed by atoms with E-state index in [4.69, 9.17) is 4.42 Å². The van der Waals surface area contributed by atoms with Crippen molar-refractivity contribution in [3.8, 4) is 33.4 Å². The predicted octanol–water partition coefficient (Wildman–Crippen LogP) is 12.0. The monoisotopic (exact) mass is 546 g/mol. The molecule has 0 atom stereocenters. The molecule has 9 aromatic rings. The highest BCUT2D eigenvalue weighted by molar-refractivity contribution is 6.22. The molecule has 0 saturated carbocycles. The fourth-order valence-corrected chi connectivity index (χ4v) is 6.83. The average Bonchev–Trinajstić information content (AvgIpc) is 3.43. The van der Waals surface area contributed by atoms with E-state index in [1.165, 1.54) is 65.7 Å². The summed E-state index contributed by atoms with van der Waals surface area (Å²) in [7, 11) is 0. The first kappa shape index (κ1) is 24.0. The van der Waals surface area contributed by atoms with E-state index in [-0.39, 0.29) is 0 Å². The average molecular weight is 547 g/mol. The van der Waals surface area contributed by atoms with Gasteiger partial charge in [-0.3, -0.25) is 0 Å². The van der Waals surface area contributed by atoms with Crippen LogP contribution in [0.2, 0.25) is 0 Å². The van der Waals surface area contributed by atoms with Gasteiger partial charge in [0.05, 0.1) is 0 Å². The minimum Gasteiger partial charge on any atom is -0.456 e. The van der Waals surface area contributed by atoms with Crippen LogP contribution in [0.3, 0.4) is 0 Å². The third-order valence-electron chi connectivity index (χ3n) is 8.82. The Kier molecular flexibility index (Phi) is 5.27. The van der Waals surface area contributed by atoms with Crippen LogP contribution in [0.5, 0.6) is 0 Å². The lowest BCUT2D eigenvalue weighted by molar-refractivity contribution is 0.669. The third kappa shape index (κ3) is 3.79. The van der Waals surface area contributed by atoms with E-state index in [9.17, 15) is 0 Å². The molecule has 0 fully saturated rings. The van der Waals surface area contributed by atoms with E-state index < -0.39 is 0 Å². The van der Waals surface area contributed by atoms with Crippen LogP contribution in [0.15, 0.2) is 162 Å². The van der Waals surface area contributed by atoms with Gasteiger partial charge in [-0.05, 0) is 96.0 Å². The van der Waals surface area contributed by atoms with Crippen molar-refractivity contribution in [2.45, 2.75) is 0 Å². The van der Waals surface area contributed by atoms with Gasteiger partial charge in [0.2, 0.25) is 0 Å².